The smallest absolute Gasteiger partial charge is 0.206 e. The molecule has 0 radical (unpaired) electrons. The number of methoxy groups -OCH3 is 1. The fraction of sp³-hybridized carbons (Fsp3) is 0.267. The molecule has 0 atom stereocenters. The number of aryl methyl sites for hydroxylation is 1. The molecule has 2 aromatic heterocycles. The van der Waals surface area contributed by atoms with Crippen molar-refractivity contribution in [3.8, 4) is 10.6 Å². The fourth-order valence-electron chi connectivity index (χ4n) is 2.15. The molecule has 0 aliphatic carbocycles. The largest absolute Gasteiger partial charge is 0.383 e. The molecule has 0 spiro atoms. The molecule has 0 saturated carbocycles. The maximum absolute atomic E-state index is 5.01. The van der Waals surface area contributed by atoms with Gasteiger partial charge < -0.3 is 10.1 Å². The molecule has 2 heterocycles. The lowest BCUT2D eigenvalue weighted by molar-refractivity contribution is 0.211. The summed E-state index contributed by atoms with van der Waals surface area (Å²) in [6.07, 6.45) is 0. The number of hydrogen-bond donors (Lipinski definition) is 1. The van der Waals surface area contributed by atoms with Crippen molar-refractivity contribution in [3.05, 3.63) is 36.0 Å². The van der Waals surface area contributed by atoms with E-state index in [1.165, 1.54) is 0 Å². The van der Waals surface area contributed by atoms with Crippen LogP contribution >= 0.6 is 11.3 Å². The van der Waals surface area contributed by atoms with Gasteiger partial charge >= 0.3 is 0 Å². The first-order chi connectivity index (χ1) is 10.3. The van der Waals surface area contributed by atoms with Crippen molar-refractivity contribution in [2.45, 2.75) is 6.92 Å². The summed E-state index contributed by atoms with van der Waals surface area (Å²) in [4.78, 5) is 4.55. The molecular formula is C15H16N4OS. The molecule has 0 aliphatic heterocycles. The highest BCUT2D eigenvalue weighted by Crippen LogP contribution is 2.32. The van der Waals surface area contributed by atoms with Gasteiger partial charge in [-0.2, -0.15) is 0 Å². The van der Waals surface area contributed by atoms with Crippen molar-refractivity contribution < 1.29 is 4.74 Å². The second-order valence-corrected chi connectivity index (χ2v) is 5.64. The summed E-state index contributed by atoms with van der Waals surface area (Å²) >= 11 is 1.54. The Bertz CT molecular complexity index is 756. The summed E-state index contributed by atoms with van der Waals surface area (Å²) in [7, 11) is 1.68. The number of ether oxygens (including phenoxy) is 1. The van der Waals surface area contributed by atoms with E-state index >= 15 is 0 Å². The number of pyridine rings is 1. The third-order valence-corrected chi connectivity index (χ3v) is 4.00. The molecule has 108 valence electrons. The highest BCUT2D eigenvalue weighted by molar-refractivity contribution is 7.18. The van der Waals surface area contributed by atoms with E-state index in [1.807, 2.05) is 25.1 Å². The summed E-state index contributed by atoms with van der Waals surface area (Å²) in [6.45, 7) is 3.36. The number of fused-ring (bicyclic) bond motifs is 1. The van der Waals surface area contributed by atoms with Gasteiger partial charge in [-0.05, 0) is 19.1 Å². The number of aromatic nitrogens is 3. The number of benzene rings is 1. The number of hydrogen-bond acceptors (Lipinski definition) is 6. The molecule has 5 nitrogen and oxygen atoms in total. The lowest BCUT2D eigenvalue weighted by atomic mass is 10.1. The molecule has 0 fully saturated rings. The normalized spacial score (nSPS) is 11.0. The summed E-state index contributed by atoms with van der Waals surface area (Å²) in [5.41, 5.74) is 3.04. The highest BCUT2D eigenvalue weighted by Gasteiger charge is 2.11. The van der Waals surface area contributed by atoms with E-state index in [4.69, 9.17) is 4.74 Å². The van der Waals surface area contributed by atoms with Crippen LogP contribution in [0.25, 0.3) is 21.5 Å². The predicted octanol–water partition coefficient (Wildman–Crippen LogP) is 3.12. The van der Waals surface area contributed by atoms with E-state index < -0.39 is 0 Å². The molecule has 21 heavy (non-hydrogen) atoms. The molecular weight excluding hydrogens is 284 g/mol. The lowest BCUT2D eigenvalue weighted by Crippen LogP contribution is -2.06. The zero-order valence-electron chi connectivity index (χ0n) is 12.0. The fourth-order valence-corrected chi connectivity index (χ4v) is 2.95. The Kier molecular flexibility index (Phi) is 4.08. The Morgan fingerprint density at radius 3 is 2.95 bits per heavy atom. The molecule has 1 aromatic carbocycles. The van der Waals surface area contributed by atoms with Gasteiger partial charge in [0.15, 0.2) is 0 Å². The zero-order chi connectivity index (χ0) is 14.7. The average Bonchev–Trinajstić information content (AvgIpc) is 2.95. The second kappa shape index (κ2) is 6.15. The molecule has 0 unspecified atom stereocenters. The quantitative estimate of drug-likeness (QED) is 0.734. The molecule has 0 saturated heterocycles. The van der Waals surface area contributed by atoms with Crippen molar-refractivity contribution in [2.24, 2.45) is 0 Å². The Hall–Kier alpha value is -2.05. The zero-order valence-corrected chi connectivity index (χ0v) is 12.8. The second-order valence-electron chi connectivity index (χ2n) is 4.66. The highest BCUT2D eigenvalue weighted by atomic mass is 32.1. The van der Waals surface area contributed by atoms with Crippen molar-refractivity contribution in [1.29, 1.82) is 0 Å². The van der Waals surface area contributed by atoms with Crippen molar-refractivity contribution in [1.82, 2.24) is 15.2 Å². The third kappa shape index (κ3) is 3.01. The monoisotopic (exact) mass is 300 g/mol. The van der Waals surface area contributed by atoms with Crippen molar-refractivity contribution in [2.75, 3.05) is 25.6 Å². The van der Waals surface area contributed by atoms with Crippen LogP contribution in [-0.2, 0) is 4.74 Å². The Labute approximate surface area is 127 Å². The minimum atomic E-state index is 0.645. The molecule has 0 bridgehead atoms. The first-order valence-corrected chi connectivity index (χ1v) is 7.52. The maximum Gasteiger partial charge on any atom is 0.206 e. The van der Waals surface area contributed by atoms with E-state index in [9.17, 15) is 0 Å². The molecule has 3 rings (SSSR count). The molecule has 1 N–H and O–H groups in total. The van der Waals surface area contributed by atoms with Crippen LogP contribution in [-0.4, -0.2) is 35.4 Å². The van der Waals surface area contributed by atoms with Gasteiger partial charge in [0.05, 0.1) is 12.1 Å². The third-order valence-electron chi connectivity index (χ3n) is 3.08. The minimum absolute atomic E-state index is 0.645. The number of anilines is 1. The summed E-state index contributed by atoms with van der Waals surface area (Å²) in [5.74, 6) is 0. The van der Waals surface area contributed by atoms with Crippen LogP contribution in [0, 0.1) is 6.92 Å². The Morgan fingerprint density at radius 1 is 1.24 bits per heavy atom. The molecule has 6 heteroatoms. The van der Waals surface area contributed by atoms with Gasteiger partial charge in [-0.25, -0.2) is 0 Å². The summed E-state index contributed by atoms with van der Waals surface area (Å²) < 4.78 is 5.01. The Balaban J connectivity index is 1.97. The van der Waals surface area contributed by atoms with Gasteiger partial charge in [0.1, 0.15) is 5.01 Å². The van der Waals surface area contributed by atoms with Gasteiger partial charge in [-0.15, -0.1) is 10.2 Å². The lowest BCUT2D eigenvalue weighted by Gasteiger charge is -2.04. The minimum Gasteiger partial charge on any atom is -0.383 e. The van der Waals surface area contributed by atoms with Gasteiger partial charge in [0.25, 0.3) is 0 Å². The Morgan fingerprint density at radius 2 is 2.10 bits per heavy atom. The van der Waals surface area contributed by atoms with Crippen LogP contribution in [0.3, 0.4) is 0 Å². The van der Waals surface area contributed by atoms with E-state index in [2.05, 4.69) is 32.6 Å². The van der Waals surface area contributed by atoms with Crippen LogP contribution in [0.5, 0.6) is 0 Å². The topological polar surface area (TPSA) is 59.9 Å². The van der Waals surface area contributed by atoms with Crippen LogP contribution < -0.4 is 5.32 Å². The van der Waals surface area contributed by atoms with E-state index in [0.717, 1.165) is 38.8 Å². The van der Waals surface area contributed by atoms with Gasteiger partial charge in [-0.3, -0.25) is 4.98 Å². The van der Waals surface area contributed by atoms with E-state index in [0.29, 0.717) is 6.61 Å². The van der Waals surface area contributed by atoms with Gasteiger partial charge in [0, 0.05) is 30.3 Å². The SMILES string of the molecule is COCCNc1nnc(-c2cc(C)nc3ccccc23)s1. The number of rotatable bonds is 5. The van der Waals surface area contributed by atoms with Gasteiger partial charge in [-0.1, -0.05) is 29.5 Å². The van der Waals surface area contributed by atoms with Crippen LogP contribution in [0.2, 0.25) is 0 Å². The van der Waals surface area contributed by atoms with E-state index in [1.54, 1.807) is 18.4 Å². The van der Waals surface area contributed by atoms with Crippen molar-refractivity contribution in [3.63, 3.8) is 0 Å². The van der Waals surface area contributed by atoms with Crippen LogP contribution in [0.1, 0.15) is 5.69 Å². The van der Waals surface area contributed by atoms with Gasteiger partial charge in [0.2, 0.25) is 5.13 Å². The molecule has 0 amide bonds. The summed E-state index contributed by atoms with van der Waals surface area (Å²) in [5, 5.41) is 14.5. The van der Waals surface area contributed by atoms with Crippen LogP contribution in [0.15, 0.2) is 30.3 Å². The number of para-hydroxylation sites is 1. The average molecular weight is 300 g/mol. The number of nitrogens with zero attached hydrogens (tertiary/aromatic N) is 3. The first kappa shape index (κ1) is 13.9. The van der Waals surface area contributed by atoms with E-state index in [-0.39, 0.29) is 0 Å². The van der Waals surface area contributed by atoms with Crippen molar-refractivity contribution >= 4 is 27.4 Å². The number of nitrogens with one attached hydrogen (secondary N) is 1. The molecule has 3 aromatic rings. The maximum atomic E-state index is 5.01. The first-order valence-electron chi connectivity index (χ1n) is 6.71. The standard InChI is InChI=1S/C15H16N4OS/c1-10-9-12(11-5-3-4-6-13(11)17-10)14-18-19-15(21-14)16-7-8-20-2/h3-6,9H,7-8H2,1-2H3,(H,16,19). The van der Waals surface area contributed by atoms with Crippen LogP contribution in [0.4, 0.5) is 5.13 Å². The summed E-state index contributed by atoms with van der Waals surface area (Å²) in [6, 6.07) is 10.2. The molecule has 0 aliphatic rings. The predicted molar refractivity (Wildman–Crippen MR) is 85.7 cm³/mol.